The monoisotopic (exact) mass is 401 g/mol. The lowest BCUT2D eigenvalue weighted by Gasteiger charge is -2.27. The Morgan fingerprint density at radius 2 is 1.86 bits per heavy atom. The highest BCUT2D eigenvalue weighted by Crippen LogP contribution is 2.24. The summed E-state index contributed by atoms with van der Waals surface area (Å²) in [5.41, 5.74) is 2.96. The number of thiazole rings is 1. The number of urea groups is 1. The first-order valence-corrected chi connectivity index (χ1v) is 10.5. The Hall–Kier alpha value is -3.18. The van der Waals surface area contributed by atoms with Crippen molar-refractivity contribution in [3.8, 4) is 10.6 Å². The summed E-state index contributed by atoms with van der Waals surface area (Å²) in [5.74, 6) is 0. The second-order valence-corrected chi connectivity index (χ2v) is 8.15. The van der Waals surface area contributed by atoms with Gasteiger partial charge in [0.2, 0.25) is 0 Å². The Kier molecular flexibility index (Phi) is 5.58. The number of hydrogen-bond acceptors (Lipinski definition) is 3. The summed E-state index contributed by atoms with van der Waals surface area (Å²) in [6, 6.07) is 22.3. The Bertz CT molecular complexity index is 1120. The molecule has 3 aromatic carbocycles. The van der Waals surface area contributed by atoms with Crippen molar-refractivity contribution in [3.05, 3.63) is 83.9 Å². The fourth-order valence-corrected chi connectivity index (χ4v) is 3.95. The van der Waals surface area contributed by atoms with E-state index >= 15 is 0 Å². The van der Waals surface area contributed by atoms with Crippen molar-refractivity contribution in [2.75, 3.05) is 5.32 Å². The van der Waals surface area contributed by atoms with Crippen molar-refractivity contribution < 1.29 is 4.79 Å². The van der Waals surface area contributed by atoms with Crippen molar-refractivity contribution in [1.82, 2.24) is 9.88 Å². The molecule has 5 heteroatoms. The number of carbonyl (C=O) groups is 1. The predicted molar refractivity (Wildman–Crippen MR) is 121 cm³/mol. The zero-order chi connectivity index (χ0) is 20.2. The van der Waals surface area contributed by atoms with Crippen molar-refractivity contribution >= 4 is 33.8 Å². The molecule has 0 fully saturated rings. The number of nitrogens with one attached hydrogen (secondary N) is 1. The average Bonchev–Trinajstić information content (AvgIpc) is 3.27. The molecule has 146 valence electrons. The zero-order valence-corrected chi connectivity index (χ0v) is 17.3. The van der Waals surface area contributed by atoms with Gasteiger partial charge in [-0.1, -0.05) is 48.5 Å². The van der Waals surface area contributed by atoms with Crippen molar-refractivity contribution in [2.24, 2.45) is 0 Å². The van der Waals surface area contributed by atoms with E-state index in [9.17, 15) is 4.79 Å². The number of aromatic nitrogens is 1. The van der Waals surface area contributed by atoms with E-state index in [2.05, 4.69) is 40.6 Å². The highest BCUT2D eigenvalue weighted by Gasteiger charge is 2.18. The molecule has 0 bridgehead atoms. The molecule has 0 radical (unpaired) electrons. The molecule has 4 aromatic rings. The summed E-state index contributed by atoms with van der Waals surface area (Å²) < 4.78 is 0. The number of carbonyl (C=O) groups excluding carboxylic acids is 1. The van der Waals surface area contributed by atoms with Crippen LogP contribution in [0.1, 0.15) is 19.4 Å². The van der Waals surface area contributed by atoms with Gasteiger partial charge in [-0.05, 0) is 48.4 Å². The van der Waals surface area contributed by atoms with E-state index in [1.54, 1.807) is 11.3 Å². The van der Waals surface area contributed by atoms with Crippen LogP contribution < -0.4 is 5.32 Å². The molecule has 4 rings (SSSR count). The third-order valence-corrected chi connectivity index (χ3v) is 5.67. The second kappa shape index (κ2) is 8.45. The predicted octanol–water partition coefficient (Wildman–Crippen LogP) is 6.41. The maximum Gasteiger partial charge on any atom is 0.322 e. The molecule has 1 aromatic heterocycles. The molecule has 0 saturated carbocycles. The van der Waals surface area contributed by atoms with Crippen LogP contribution in [-0.4, -0.2) is 22.0 Å². The molecular weight excluding hydrogens is 378 g/mol. The minimum absolute atomic E-state index is 0.0685. The first-order chi connectivity index (χ1) is 14.1. The van der Waals surface area contributed by atoms with E-state index in [1.165, 1.54) is 0 Å². The van der Waals surface area contributed by atoms with Crippen LogP contribution in [0.15, 0.2) is 78.3 Å². The van der Waals surface area contributed by atoms with Crippen LogP contribution in [0.2, 0.25) is 0 Å². The Labute approximate surface area is 174 Å². The van der Waals surface area contributed by atoms with Crippen LogP contribution in [0.5, 0.6) is 0 Å². The number of amides is 2. The molecule has 0 unspecified atom stereocenters. The zero-order valence-electron chi connectivity index (χ0n) is 16.5. The number of benzene rings is 3. The number of fused-ring (bicyclic) bond motifs is 1. The molecule has 0 atom stereocenters. The molecule has 2 amide bonds. The molecule has 0 saturated heterocycles. The smallest absolute Gasteiger partial charge is 0.318 e. The van der Waals surface area contributed by atoms with Gasteiger partial charge in [0, 0.05) is 35.4 Å². The highest BCUT2D eigenvalue weighted by atomic mass is 32.1. The van der Waals surface area contributed by atoms with E-state index < -0.39 is 0 Å². The van der Waals surface area contributed by atoms with Gasteiger partial charge in [-0.25, -0.2) is 9.78 Å². The van der Waals surface area contributed by atoms with Crippen LogP contribution in [-0.2, 0) is 6.54 Å². The fourth-order valence-electron chi connectivity index (χ4n) is 3.32. The standard InChI is InChI=1S/C24H23N3OS/c1-17(2)27(16-18-6-5-9-21(14-18)23-25-12-13-29-23)24(28)26-22-11-10-19-7-3-4-8-20(19)15-22/h3-15,17H,16H2,1-2H3,(H,26,28). The van der Waals surface area contributed by atoms with Crippen molar-refractivity contribution in [3.63, 3.8) is 0 Å². The lowest BCUT2D eigenvalue weighted by atomic mass is 10.1. The molecule has 1 N–H and O–H groups in total. The fraction of sp³-hybridized carbons (Fsp3) is 0.167. The van der Waals surface area contributed by atoms with E-state index in [-0.39, 0.29) is 12.1 Å². The maximum atomic E-state index is 13.0. The topological polar surface area (TPSA) is 45.2 Å². The number of nitrogens with zero attached hydrogens (tertiary/aromatic N) is 2. The number of hydrogen-bond donors (Lipinski definition) is 1. The van der Waals surface area contributed by atoms with Gasteiger partial charge < -0.3 is 10.2 Å². The minimum atomic E-state index is -0.102. The minimum Gasteiger partial charge on any atom is -0.318 e. The summed E-state index contributed by atoms with van der Waals surface area (Å²) in [7, 11) is 0. The van der Waals surface area contributed by atoms with Gasteiger partial charge in [-0.2, -0.15) is 0 Å². The van der Waals surface area contributed by atoms with Crippen molar-refractivity contribution in [1.29, 1.82) is 0 Å². The lowest BCUT2D eigenvalue weighted by Crippen LogP contribution is -2.39. The number of rotatable bonds is 5. The normalized spacial score (nSPS) is 11.0. The van der Waals surface area contributed by atoms with Crippen LogP contribution in [0.25, 0.3) is 21.3 Å². The second-order valence-electron chi connectivity index (χ2n) is 7.25. The third-order valence-electron chi connectivity index (χ3n) is 4.84. The Balaban J connectivity index is 1.52. The van der Waals surface area contributed by atoms with Crippen LogP contribution >= 0.6 is 11.3 Å². The highest BCUT2D eigenvalue weighted by molar-refractivity contribution is 7.13. The van der Waals surface area contributed by atoms with Crippen LogP contribution in [0.4, 0.5) is 10.5 Å². The van der Waals surface area contributed by atoms with E-state index in [0.717, 1.165) is 32.6 Å². The van der Waals surface area contributed by atoms with E-state index in [0.29, 0.717) is 6.54 Å². The molecule has 0 aliphatic carbocycles. The van der Waals surface area contributed by atoms with E-state index in [1.807, 2.05) is 66.7 Å². The van der Waals surface area contributed by atoms with Gasteiger partial charge in [0.15, 0.2) is 0 Å². The lowest BCUT2D eigenvalue weighted by molar-refractivity contribution is 0.193. The van der Waals surface area contributed by atoms with Gasteiger partial charge >= 0.3 is 6.03 Å². The first-order valence-electron chi connectivity index (χ1n) is 9.65. The van der Waals surface area contributed by atoms with Gasteiger partial charge in [0.05, 0.1) is 0 Å². The summed E-state index contributed by atoms with van der Waals surface area (Å²) >= 11 is 1.61. The maximum absolute atomic E-state index is 13.0. The summed E-state index contributed by atoms with van der Waals surface area (Å²) in [6.45, 7) is 4.60. The van der Waals surface area contributed by atoms with Gasteiger partial charge in [-0.3, -0.25) is 0 Å². The Morgan fingerprint density at radius 1 is 1.03 bits per heavy atom. The molecule has 1 heterocycles. The average molecular weight is 402 g/mol. The Morgan fingerprint density at radius 3 is 2.62 bits per heavy atom. The van der Waals surface area contributed by atoms with Gasteiger partial charge in [0.1, 0.15) is 5.01 Å². The molecule has 0 aliphatic heterocycles. The summed E-state index contributed by atoms with van der Waals surface area (Å²) in [4.78, 5) is 19.2. The van der Waals surface area contributed by atoms with Gasteiger partial charge in [-0.15, -0.1) is 11.3 Å². The van der Waals surface area contributed by atoms with Crippen LogP contribution in [0.3, 0.4) is 0 Å². The third kappa shape index (κ3) is 4.46. The molecule has 0 spiro atoms. The van der Waals surface area contributed by atoms with E-state index in [4.69, 9.17) is 0 Å². The van der Waals surface area contributed by atoms with Crippen molar-refractivity contribution in [2.45, 2.75) is 26.4 Å². The summed E-state index contributed by atoms with van der Waals surface area (Å²) in [6.07, 6.45) is 1.81. The molecule has 4 nitrogen and oxygen atoms in total. The van der Waals surface area contributed by atoms with Crippen LogP contribution in [0, 0.1) is 0 Å². The SMILES string of the molecule is CC(C)N(Cc1cccc(-c2nccs2)c1)C(=O)Nc1ccc2ccccc2c1. The molecule has 0 aliphatic rings. The van der Waals surface area contributed by atoms with Gasteiger partial charge in [0.25, 0.3) is 0 Å². The molecular formula is C24H23N3OS. The first kappa shape index (κ1) is 19.2. The largest absolute Gasteiger partial charge is 0.322 e. The molecule has 29 heavy (non-hydrogen) atoms. The summed E-state index contributed by atoms with van der Waals surface area (Å²) in [5, 5.41) is 8.28. The quantitative estimate of drug-likeness (QED) is 0.420. The number of anilines is 1.